The van der Waals surface area contributed by atoms with Gasteiger partial charge in [-0.2, -0.15) is 0 Å². The third-order valence-corrected chi connectivity index (χ3v) is 5.54. The summed E-state index contributed by atoms with van der Waals surface area (Å²) in [6.45, 7) is 2.30. The lowest BCUT2D eigenvalue weighted by Gasteiger charge is -2.05. The van der Waals surface area contributed by atoms with E-state index in [1.807, 2.05) is 66.7 Å². The maximum absolute atomic E-state index is 13.0. The van der Waals surface area contributed by atoms with Gasteiger partial charge in [0.15, 0.2) is 5.78 Å². The van der Waals surface area contributed by atoms with Gasteiger partial charge in [0.2, 0.25) is 0 Å². The Labute approximate surface area is 172 Å². The Morgan fingerprint density at radius 1 is 0.621 bits per heavy atom. The fourth-order valence-electron chi connectivity index (χ4n) is 3.86. The number of rotatable bonds is 10. The van der Waals surface area contributed by atoms with Gasteiger partial charge in [0.1, 0.15) is 0 Å². The summed E-state index contributed by atoms with van der Waals surface area (Å²) < 4.78 is 11.9. The van der Waals surface area contributed by atoms with Crippen LogP contribution in [0.5, 0.6) is 0 Å². The molecule has 0 bridgehead atoms. The molecule has 0 amide bonds. The van der Waals surface area contributed by atoms with Crippen LogP contribution in [0, 0.1) is 17.8 Å². The summed E-state index contributed by atoms with van der Waals surface area (Å²) in [4.78, 5) is 13.0. The molecular weight excluding hydrogens is 360 g/mol. The quantitative estimate of drug-likeness (QED) is 0.451. The summed E-state index contributed by atoms with van der Waals surface area (Å²) >= 11 is 0. The van der Waals surface area contributed by atoms with Gasteiger partial charge in [0.25, 0.3) is 0 Å². The van der Waals surface area contributed by atoms with Crippen molar-refractivity contribution in [3.05, 3.63) is 108 Å². The molecular formula is C26H26O3. The Kier molecular flexibility index (Phi) is 6.50. The van der Waals surface area contributed by atoms with Gasteiger partial charge in [0, 0.05) is 11.5 Å². The van der Waals surface area contributed by atoms with Gasteiger partial charge < -0.3 is 9.47 Å². The molecule has 3 nitrogen and oxygen atoms in total. The van der Waals surface area contributed by atoms with Crippen LogP contribution in [0.3, 0.4) is 0 Å². The van der Waals surface area contributed by atoms with Crippen LogP contribution in [-0.4, -0.2) is 19.0 Å². The van der Waals surface area contributed by atoms with E-state index in [0.717, 1.165) is 16.7 Å². The minimum absolute atomic E-state index is 0.0241. The molecule has 0 aromatic heterocycles. The van der Waals surface area contributed by atoms with Crippen molar-refractivity contribution in [2.75, 3.05) is 13.2 Å². The monoisotopic (exact) mass is 386 g/mol. The number of Topliss-reactive ketones (excluding diaryl/α,β-unsaturated/α-hetero) is 1. The molecule has 1 aliphatic carbocycles. The van der Waals surface area contributed by atoms with E-state index in [0.29, 0.717) is 26.4 Å². The van der Waals surface area contributed by atoms with Crippen molar-refractivity contribution in [1.29, 1.82) is 0 Å². The highest BCUT2D eigenvalue weighted by Gasteiger charge is 2.54. The van der Waals surface area contributed by atoms with Crippen molar-refractivity contribution in [1.82, 2.24) is 0 Å². The van der Waals surface area contributed by atoms with E-state index in [1.165, 1.54) is 0 Å². The predicted molar refractivity (Wildman–Crippen MR) is 113 cm³/mol. The zero-order valence-electron chi connectivity index (χ0n) is 16.4. The molecule has 2 unspecified atom stereocenters. The molecule has 148 valence electrons. The first-order valence-corrected chi connectivity index (χ1v) is 10.2. The summed E-state index contributed by atoms with van der Waals surface area (Å²) in [5.74, 6) is 0.598. The van der Waals surface area contributed by atoms with Crippen molar-refractivity contribution in [3.8, 4) is 0 Å². The van der Waals surface area contributed by atoms with E-state index in [-0.39, 0.29) is 23.5 Å². The standard InChI is InChI=1S/C26H26O3/c27-26(22-14-8-3-9-15-22)25-23(18-28-16-20-10-4-1-5-11-20)24(25)19-29-17-21-12-6-2-7-13-21/h1-15,23-25H,16-19H2. The number of ether oxygens (including phenoxy) is 2. The lowest BCUT2D eigenvalue weighted by Crippen LogP contribution is -2.07. The Bertz CT molecular complexity index is 842. The van der Waals surface area contributed by atoms with E-state index in [2.05, 4.69) is 24.3 Å². The third kappa shape index (κ3) is 5.20. The van der Waals surface area contributed by atoms with E-state index in [4.69, 9.17) is 9.47 Å². The molecule has 3 aromatic rings. The molecule has 0 heterocycles. The SMILES string of the molecule is O=C(c1ccccc1)C1C(COCc2ccccc2)C1COCc1ccccc1. The van der Waals surface area contributed by atoms with Gasteiger partial charge in [-0.25, -0.2) is 0 Å². The van der Waals surface area contributed by atoms with Gasteiger partial charge in [0.05, 0.1) is 26.4 Å². The van der Waals surface area contributed by atoms with Crippen molar-refractivity contribution in [2.24, 2.45) is 17.8 Å². The Hall–Kier alpha value is -2.75. The number of ketones is 1. The van der Waals surface area contributed by atoms with Crippen LogP contribution in [-0.2, 0) is 22.7 Å². The first-order chi connectivity index (χ1) is 14.3. The molecule has 1 fully saturated rings. The fourth-order valence-corrected chi connectivity index (χ4v) is 3.86. The van der Waals surface area contributed by atoms with E-state index < -0.39 is 0 Å². The van der Waals surface area contributed by atoms with E-state index in [1.54, 1.807) is 0 Å². The Morgan fingerprint density at radius 2 is 1.03 bits per heavy atom. The summed E-state index contributed by atoms with van der Waals surface area (Å²) in [5.41, 5.74) is 3.07. The number of hydrogen-bond donors (Lipinski definition) is 0. The maximum Gasteiger partial charge on any atom is 0.166 e. The van der Waals surface area contributed by atoms with Gasteiger partial charge in [-0.15, -0.1) is 0 Å². The molecule has 1 aliphatic rings. The van der Waals surface area contributed by atoms with Gasteiger partial charge in [-0.3, -0.25) is 4.79 Å². The van der Waals surface area contributed by atoms with Crippen LogP contribution in [0.1, 0.15) is 21.5 Å². The molecule has 0 radical (unpaired) electrons. The third-order valence-electron chi connectivity index (χ3n) is 5.54. The average molecular weight is 386 g/mol. The molecule has 29 heavy (non-hydrogen) atoms. The largest absolute Gasteiger partial charge is 0.376 e. The second-order valence-corrected chi connectivity index (χ2v) is 7.59. The van der Waals surface area contributed by atoms with E-state index in [9.17, 15) is 4.79 Å². The zero-order valence-corrected chi connectivity index (χ0v) is 16.4. The van der Waals surface area contributed by atoms with Crippen molar-refractivity contribution >= 4 is 5.78 Å². The van der Waals surface area contributed by atoms with Gasteiger partial charge in [-0.05, 0) is 23.0 Å². The summed E-state index contributed by atoms with van der Waals surface area (Å²) in [5, 5.41) is 0. The Balaban J connectivity index is 1.34. The van der Waals surface area contributed by atoms with Crippen molar-refractivity contribution in [2.45, 2.75) is 13.2 Å². The highest BCUT2D eigenvalue weighted by Crippen LogP contribution is 2.48. The van der Waals surface area contributed by atoms with Crippen LogP contribution in [0.2, 0.25) is 0 Å². The van der Waals surface area contributed by atoms with Crippen LogP contribution in [0.25, 0.3) is 0 Å². The fraction of sp³-hybridized carbons (Fsp3) is 0.269. The molecule has 0 N–H and O–H groups in total. The highest BCUT2D eigenvalue weighted by atomic mass is 16.5. The van der Waals surface area contributed by atoms with Crippen molar-refractivity contribution in [3.63, 3.8) is 0 Å². The van der Waals surface area contributed by atoms with Gasteiger partial charge in [-0.1, -0.05) is 91.0 Å². The van der Waals surface area contributed by atoms with Crippen molar-refractivity contribution < 1.29 is 14.3 Å². The molecule has 3 heteroatoms. The molecule has 0 saturated heterocycles. The summed E-state index contributed by atoms with van der Waals surface area (Å²) in [6.07, 6.45) is 0. The predicted octanol–water partition coefficient (Wildman–Crippen LogP) is 5.17. The number of hydrogen-bond acceptors (Lipinski definition) is 3. The van der Waals surface area contributed by atoms with Crippen LogP contribution >= 0.6 is 0 Å². The topological polar surface area (TPSA) is 35.5 Å². The normalized spacial score (nSPS) is 20.3. The first kappa shape index (κ1) is 19.6. The zero-order chi connectivity index (χ0) is 19.9. The smallest absolute Gasteiger partial charge is 0.166 e. The Morgan fingerprint density at radius 3 is 1.48 bits per heavy atom. The number of benzene rings is 3. The van der Waals surface area contributed by atoms with Gasteiger partial charge >= 0.3 is 0 Å². The summed E-state index contributed by atoms with van der Waals surface area (Å²) in [6, 6.07) is 29.8. The molecule has 4 rings (SSSR count). The first-order valence-electron chi connectivity index (χ1n) is 10.2. The van der Waals surface area contributed by atoms with Crippen LogP contribution in [0.15, 0.2) is 91.0 Å². The van der Waals surface area contributed by atoms with Crippen LogP contribution in [0.4, 0.5) is 0 Å². The second kappa shape index (κ2) is 9.64. The molecule has 3 aromatic carbocycles. The molecule has 2 atom stereocenters. The lowest BCUT2D eigenvalue weighted by atomic mass is 10.1. The molecule has 1 saturated carbocycles. The average Bonchev–Trinajstić information content (AvgIpc) is 3.47. The molecule has 0 aliphatic heterocycles. The van der Waals surface area contributed by atoms with Crippen LogP contribution < -0.4 is 0 Å². The van der Waals surface area contributed by atoms with E-state index >= 15 is 0 Å². The number of carbonyl (C=O) groups is 1. The molecule has 0 spiro atoms. The lowest BCUT2D eigenvalue weighted by molar-refractivity contribution is 0.0840. The highest BCUT2D eigenvalue weighted by molar-refractivity contribution is 6.00. The minimum atomic E-state index is -0.0241. The number of carbonyl (C=O) groups excluding carboxylic acids is 1. The summed E-state index contributed by atoms with van der Waals surface area (Å²) in [7, 11) is 0. The second-order valence-electron chi connectivity index (χ2n) is 7.59. The maximum atomic E-state index is 13.0. The minimum Gasteiger partial charge on any atom is -0.376 e.